The van der Waals surface area contributed by atoms with Crippen LogP contribution in [-0.2, 0) is 4.79 Å². The maximum absolute atomic E-state index is 12.3. The Kier molecular flexibility index (Phi) is 4.61. The minimum Gasteiger partial charge on any atom is -0.346 e. The molecule has 0 aliphatic rings. The van der Waals surface area contributed by atoms with Gasteiger partial charge >= 0.3 is 0 Å². The number of hydrogen-bond donors (Lipinski definition) is 1. The van der Waals surface area contributed by atoms with Crippen LogP contribution in [0.3, 0.4) is 0 Å². The fourth-order valence-electron chi connectivity index (χ4n) is 2.31. The molecule has 0 fully saturated rings. The number of amides is 1. The molecule has 3 aromatic rings. The average Bonchev–Trinajstić information content (AvgIpc) is 3.21. The van der Waals surface area contributed by atoms with E-state index in [4.69, 9.17) is 11.6 Å². The largest absolute Gasteiger partial charge is 0.346 e. The van der Waals surface area contributed by atoms with E-state index >= 15 is 0 Å². The minimum absolute atomic E-state index is 0.0160. The Hall–Kier alpha value is -2.04. The van der Waals surface area contributed by atoms with E-state index in [0.29, 0.717) is 11.4 Å². The van der Waals surface area contributed by atoms with Gasteiger partial charge in [-0.1, -0.05) is 17.7 Å². The highest BCUT2D eigenvalue weighted by Gasteiger charge is 2.18. The summed E-state index contributed by atoms with van der Waals surface area (Å²) in [4.78, 5) is 13.5. The Labute approximate surface area is 138 Å². The summed E-state index contributed by atoms with van der Waals surface area (Å²) in [7, 11) is 0. The first-order valence-electron chi connectivity index (χ1n) is 6.93. The fraction of sp³-hybridized carbons (Fsp3) is 0.118. The molecule has 0 radical (unpaired) electrons. The van der Waals surface area contributed by atoms with Gasteiger partial charge in [-0.05, 0) is 47.8 Å². The molecule has 1 atom stereocenters. The van der Waals surface area contributed by atoms with Crippen molar-refractivity contribution in [1.29, 1.82) is 0 Å². The van der Waals surface area contributed by atoms with E-state index in [-0.39, 0.29) is 11.9 Å². The first-order chi connectivity index (χ1) is 10.7. The van der Waals surface area contributed by atoms with Gasteiger partial charge in [0.2, 0.25) is 5.91 Å². The van der Waals surface area contributed by atoms with Crippen molar-refractivity contribution in [2.45, 2.75) is 12.5 Å². The predicted octanol–water partition coefficient (Wildman–Crippen LogP) is 4.82. The lowest BCUT2D eigenvalue weighted by molar-refractivity contribution is -0.116. The Bertz CT molecular complexity index is 686. The van der Waals surface area contributed by atoms with Crippen LogP contribution in [0.25, 0.3) is 0 Å². The molecule has 3 nitrogen and oxygen atoms in total. The highest BCUT2D eigenvalue weighted by Crippen LogP contribution is 2.27. The lowest BCUT2D eigenvalue weighted by Crippen LogP contribution is -2.19. The fourth-order valence-corrected chi connectivity index (χ4v) is 3.27. The average molecular weight is 331 g/mol. The third-order valence-electron chi connectivity index (χ3n) is 3.37. The number of thiophene rings is 1. The van der Waals surface area contributed by atoms with E-state index in [2.05, 4.69) is 16.0 Å². The van der Waals surface area contributed by atoms with Gasteiger partial charge in [-0.25, -0.2) is 0 Å². The first kappa shape index (κ1) is 14.9. The minimum atomic E-state index is -0.0191. The zero-order valence-electron chi connectivity index (χ0n) is 11.8. The van der Waals surface area contributed by atoms with Crippen LogP contribution >= 0.6 is 22.9 Å². The van der Waals surface area contributed by atoms with Crippen LogP contribution in [0.15, 0.2) is 66.3 Å². The monoisotopic (exact) mass is 330 g/mol. The van der Waals surface area contributed by atoms with Gasteiger partial charge in [0.05, 0.1) is 12.5 Å². The van der Waals surface area contributed by atoms with E-state index in [1.54, 1.807) is 35.6 Å². The number of hydrogen-bond acceptors (Lipinski definition) is 2. The molecule has 0 spiro atoms. The van der Waals surface area contributed by atoms with Crippen molar-refractivity contribution >= 4 is 34.5 Å². The third kappa shape index (κ3) is 3.59. The molecule has 0 aliphatic carbocycles. The van der Waals surface area contributed by atoms with Gasteiger partial charge in [0.25, 0.3) is 0 Å². The number of carbonyl (C=O) groups is 1. The van der Waals surface area contributed by atoms with Gasteiger partial charge < -0.3 is 9.88 Å². The Morgan fingerprint density at radius 3 is 2.50 bits per heavy atom. The molecule has 3 rings (SSSR count). The first-order valence-corrected chi connectivity index (χ1v) is 8.19. The molecule has 0 unspecified atom stereocenters. The van der Waals surface area contributed by atoms with Crippen LogP contribution in [-0.4, -0.2) is 10.5 Å². The lowest BCUT2D eigenvalue weighted by atomic mass is 10.1. The summed E-state index contributed by atoms with van der Waals surface area (Å²) in [5.41, 5.74) is 0.756. The molecular formula is C17H15ClN2OS. The summed E-state index contributed by atoms with van der Waals surface area (Å²) in [5, 5.41) is 5.60. The molecule has 2 aromatic heterocycles. The maximum atomic E-state index is 12.3. The summed E-state index contributed by atoms with van der Waals surface area (Å²) >= 11 is 7.51. The van der Waals surface area contributed by atoms with Crippen LogP contribution in [0.5, 0.6) is 0 Å². The number of rotatable bonds is 5. The SMILES string of the molecule is O=C(C[C@@H](c1cccs1)n1cccc1)Nc1ccc(Cl)cc1. The number of halogens is 1. The van der Waals surface area contributed by atoms with E-state index in [1.165, 1.54) is 4.88 Å². The highest BCUT2D eigenvalue weighted by atomic mass is 35.5. The number of nitrogens with one attached hydrogen (secondary N) is 1. The normalized spacial score (nSPS) is 12.0. The molecule has 0 aliphatic heterocycles. The van der Waals surface area contributed by atoms with Crippen LogP contribution in [0, 0.1) is 0 Å². The second-order valence-corrected chi connectivity index (χ2v) is 6.34. The predicted molar refractivity (Wildman–Crippen MR) is 91.6 cm³/mol. The van der Waals surface area contributed by atoms with Gasteiger partial charge in [0.15, 0.2) is 0 Å². The molecule has 0 bridgehead atoms. The maximum Gasteiger partial charge on any atom is 0.226 e. The van der Waals surface area contributed by atoms with Crippen LogP contribution in [0.4, 0.5) is 5.69 Å². The molecule has 2 heterocycles. The van der Waals surface area contributed by atoms with Crippen LogP contribution in [0.2, 0.25) is 5.02 Å². The molecule has 1 amide bonds. The zero-order valence-corrected chi connectivity index (χ0v) is 13.3. The number of anilines is 1. The van der Waals surface area contributed by atoms with Crippen LogP contribution < -0.4 is 5.32 Å². The summed E-state index contributed by atoms with van der Waals surface area (Å²) in [6.45, 7) is 0. The molecule has 5 heteroatoms. The van der Waals surface area contributed by atoms with Gasteiger partial charge in [-0.3, -0.25) is 4.79 Å². The van der Waals surface area contributed by atoms with Gasteiger partial charge in [-0.2, -0.15) is 0 Å². The molecule has 1 aromatic carbocycles. The molecule has 22 heavy (non-hydrogen) atoms. The second kappa shape index (κ2) is 6.81. The summed E-state index contributed by atoms with van der Waals surface area (Å²) < 4.78 is 2.06. The van der Waals surface area contributed by atoms with Gasteiger partial charge in [0, 0.05) is 28.0 Å². The van der Waals surface area contributed by atoms with Gasteiger partial charge in [0.1, 0.15) is 0 Å². The number of carbonyl (C=O) groups excluding carboxylic acids is 1. The van der Waals surface area contributed by atoms with E-state index in [9.17, 15) is 4.79 Å². The Morgan fingerprint density at radius 2 is 1.86 bits per heavy atom. The van der Waals surface area contributed by atoms with Crippen molar-refractivity contribution in [3.63, 3.8) is 0 Å². The molecule has 0 saturated carbocycles. The highest BCUT2D eigenvalue weighted by molar-refractivity contribution is 7.10. The van der Waals surface area contributed by atoms with E-state index in [1.807, 2.05) is 36.0 Å². The lowest BCUT2D eigenvalue weighted by Gasteiger charge is -2.17. The topological polar surface area (TPSA) is 34.0 Å². The van der Waals surface area contributed by atoms with Crippen molar-refractivity contribution in [2.24, 2.45) is 0 Å². The van der Waals surface area contributed by atoms with E-state index < -0.39 is 0 Å². The smallest absolute Gasteiger partial charge is 0.226 e. The molecule has 0 saturated heterocycles. The zero-order chi connectivity index (χ0) is 15.4. The summed E-state index contributed by atoms with van der Waals surface area (Å²) in [5.74, 6) is -0.0191. The quantitative estimate of drug-likeness (QED) is 0.715. The standard InChI is InChI=1S/C17H15ClN2OS/c18-13-5-7-14(8-6-13)19-17(21)12-15(16-4-3-11-22-16)20-9-1-2-10-20/h1-11,15H,12H2,(H,19,21)/t15-/m0/s1. The van der Waals surface area contributed by atoms with Crippen molar-refractivity contribution in [2.75, 3.05) is 5.32 Å². The summed E-state index contributed by atoms with van der Waals surface area (Å²) in [6, 6.07) is 15.2. The van der Waals surface area contributed by atoms with E-state index in [0.717, 1.165) is 5.69 Å². The van der Waals surface area contributed by atoms with Gasteiger partial charge in [-0.15, -0.1) is 11.3 Å². The van der Waals surface area contributed by atoms with Crippen LogP contribution in [0.1, 0.15) is 17.3 Å². The number of benzene rings is 1. The molecular weight excluding hydrogens is 316 g/mol. The Balaban J connectivity index is 1.73. The molecule has 112 valence electrons. The number of aromatic nitrogens is 1. The van der Waals surface area contributed by atoms with Crippen molar-refractivity contribution < 1.29 is 4.79 Å². The second-order valence-electron chi connectivity index (χ2n) is 4.92. The van der Waals surface area contributed by atoms with Crippen molar-refractivity contribution in [3.8, 4) is 0 Å². The third-order valence-corrected chi connectivity index (χ3v) is 4.59. The summed E-state index contributed by atoms with van der Waals surface area (Å²) in [6.07, 6.45) is 4.36. The van der Waals surface area contributed by atoms with Crippen molar-refractivity contribution in [3.05, 3.63) is 76.2 Å². The number of nitrogens with zero attached hydrogens (tertiary/aromatic N) is 1. The molecule has 1 N–H and O–H groups in total. The Morgan fingerprint density at radius 1 is 1.14 bits per heavy atom. The van der Waals surface area contributed by atoms with Crippen molar-refractivity contribution in [1.82, 2.24) is 4.57 Å².